The average Bonchev–Trinajstić information content (AvgIpc) is 3.02. The third-order valence-corrected chi connectivity index (χ3v) is 4.20. The van der Waals surface area contributed by atoms with Crippen LogP contribution in [0.3, 0.4) is 0 Å². The van der Waals surface area contributed by atoms with Gasteiger partial charge in [-0.05, 0) is 50.1 Å². The number of hydrogen-bond donors (Lipinski definition) is 2. The van der Waals surface area contributed by atoms with E-state index in [1.807, 2.05) is 24.3 Å². The number of carbonyl (C=O) groups excluding carboxylic acids is 1. The van der Waals surface area contributed by atoms with Gasteiger partial charge in [-0.25, -0.2) is 4.79 Å². The summed E-state index contributed by atoms with van der Waals surface area (Å²) in [7, 11) is 1.36. The standard InChI is InChI=1S/C15H21N3O2/c1-20-15(19)17-12-6-4-11(5-7-12)16-13-9-14-3-2-8-18(14)10-13/h4-7,13-14,16H,2-3,8-10H2,1H3,(H,17,19). The van der Waals surface area contributed by atoms with Crippen molar-refractivity contribution in [2.45, 2.75) is 31.3 Å². The fourth-order valence-electron chi connectivity index (χ4n) is 3.25. The molecule has 0 aliphatic carbocycles. The number of methoxy groups -OCH3 is 1. The summed E-state index contributed by atoms with van der Waals surface area (Å²) in [4.78, 5) is 13.7. The minimum Gasteiger partial charge on any atom is -0.453 e. The Morgan fingerprint density at radius 2 is 2.05 bits per heavy atom. The normalized spacial score (nSPS) is 25.2. The van der Waals surface area contributed by atoms with E-state index >= 15 is 0 Å². The summed E-state index contributed by atoms with van der Waals surface area (Å²) in [6.45, 7) is 2.40. The molecule has 2 saturated heterocycles. The van der Waals surface area contributed by atoms with Crippen LogP contribution >= 0.6 is 0 Å². The van der Waals surface area contributed by atoms with E-state index in [0.29, 0.717) is 6.04 Å². The number of amides is 1. The molecule has 20 heavy (non-hydrogen) atoms. The van der Waals surface area contributed by atoms with Gasteiger partial charge in [0, 0.05) is 30.0 Å². The summed E-state index contributed by atoms with van der Waals surface area (Å²) in [6.07, 6.45) is 3.50. The maximum Gasteiger partial charge on any atom is 0.411 e. The van der Waals surface area contributed by atoms with Gasteiger partial charge in [0.25, 0.3) is 0 Å². The minimum absolute atomic E-state index is 0.442. The largest absolute Gasteiger partial charge is 0.453 e. The number of fused-ring (bicyclic) bond motifs is 1. The summed E-state index contributed by atoms with van der Waals surface area (Å²) in [5, 5.41) is 6.23. The highest BCUT2D eigenvalue weighted by molar-refractivity contribution is 5.84. The Hall–Kier alpha value is -1.75. The van der Waals surface area contributed by atoms with Gasteiger partial charge in [0.1, 0.15) is 0 Å². The van der Waals surface area contributed by atoms with Crippen molar-refractivity contribution in [1.29, 1.82) is 0 Å². The van der Waals surface area contributed by atoms with Gasteiger partial charge in [0.15, 0.2) is 0 Å². The Kier molecular flexibility index (Phi) is 3.78. The molecule has 2 N–H and O–H groups in total. The van der Waals surface area contributed by atoms with Crippen LogP contribution in [0.25, 0.3) is 0 Å². The molecule has 108 valence electrons. The summed E-state index contributed by atoms with van der Waals surface area (Å²) < 4.78 is 4.56. The predicted octanol–water partition coefficient (Wildman–Crippen LogP) is 2.51. The van der Waals surface area contributed by atoms with Crippen molar-refractivity contribution in [3.8, 4) is 0 Å². The van der Waals surface area contributed by atoms with Crippen LogP contribution in [0.15, 0.2) is 24.3 Å². The lowest BCUT2D eigenvalue weighted by molar-refractivity contribution is 0.187. The van der Waals surface area contributed by atoms with Gasteiger partial charge < -0.3 is 10.1 Å². The quantitative estimate of drug-likeness (QED) is 0.890. The van der Waals surface area contributed by atoms with Crippen molar-refractivity contribution in [2.24, 2.45) is 0 Å². The molecule has 2 atom stereocenters. The second kappa shape index (κ2) is 5.71. The van der Waals surface area contributed by atoms with Crippen LogP contribution in [-0.4, -0.2) is 43.3 Å². The van der Waals surface area contributed by atoms with Gasteiger partial charge in [-0.15, -0.1) is 0 Å². The number of nitrogens with one attached hydrogen (secondary N) is 2. The van der Waals surface area contributed by atoms with Gasteiger partial charge in [-0.1, -0.05) is 0 Å². The second-order valence-electron chi connectivity index (χ2n) is 5.56. The highest BCUT2D eigenvalue weighted by Crippen LogP contribution is 2.29. The van der Waals surface area contributed by atoms with Crippen molar-refractivity contribution in [1.82, 2.24) is 4.90 Å². The molecule has 2 heterocycles. The highest BCUT2D eigenvalue weighted by atomic mass is 16.5. The maximum atomic E-state index is 11.1. The molecular weight excluding hydrogens is 254 g/mol. The number of nitrogens with zero attached hydrogens (tertiary/aromatic N) is 1. The number of carbonyl (C=O) groups is 1. The molecule has 0 bridgehead atoms. The second-order valence-corrected chi connectivity index (χ2v) is 5.56. The molecule has 0 aromatic heterocycles. The molecule has 0 spiro atoms. The van der Waals surface area contributed by atoms with Crippen LogP contribution < -0.4 is 10.6 Å². The van der Waals surface area contributed by atoms with E-state index in [0.717, 1.165) is 24.0 Å². The first-order chi connectivity index (χ1) is 9.74. The third-order valence-electron chi connectivity index (χ3n) is 4.20. The van der Waals surface area contributed by atoms with Gasteiger partial charge in [0.05, 0.1) is 7.11 Å². The highest BCUT2D eigenvalue weighted by Gasteiger charge is 2.34. The molecule has 5 nitrogen and oxygen atoms in total. The van der Waals surface area contributed by atoms with E-state index in [2.05, 4.69) is 20.3 Å². The molecule has 1 amide bonds. The molecule has 1 aromatic rings. The van der Waals surface area contributed by atoms with Crippen molar-refractivity contribution in [2.75, 3.05) is 30.8 Å². The summed E-state index contributed by atoms with van der Waals surface area (Å²) >= 11 is 0. The number of hydrogen-bond acceptors (Lipinski definition) is 4. The zero-order valence-corrected chi connectivity index (χ0v) is 11.8. The van der Waals surface area contributed by atoms with Crippen LogP contribution in [0.2, 0.25) is 0 Å². The maximum absolute atomic E-state index is 11.1. The van der Waals surface area contributed by atoms with Crippen LogP contribution in [0, 0.1) is 0 Å². The fourth-order valence-corrected chi connectivity index (χ4v) is 3.25. The van der Waals surface area contributed by atoms with Crippen molar-refractivity contribution in [3.05, 3.63) is 24.3 Å². The number of ether oxygens (including phenoxy) is 1. The minimum atomic E-state index is -0.442. The van der Waals surface area contributed by atoms with E-state index in [4.69, 9.17) is 0 Å². The Labute approximate surface area is 119 Å². The van der Waals surface area contributed by atoms with Crippen molar-refractivity contribution < 1.29 is 9.53 Å². The Bertz CT molecular complexity index is 463. The first kappa shape index (κ1) is 13.2. The Morgan fingerprint density at radius 3 is 2.75 bits per heavy atom. The van der Waals surface area contributed by atoms with E-state index in [9.17, 15) is 4.79 Å². The van der Waals surface area contributed by atoms with Gasteiger partial charge in [-0.3, -0.25) is 10.2 Å². The lowest BCUT2D eigenvalue weighted by atomic mass is 10.1. The molecule has 2 fully saturated rings. The SMILES string of the molecule is COC(=O)Nc1ccc(NC2CC3CCCN3C2)cc1. The number of benzene rings is 1. The smallest absolute Gasteiger partial charge is 0.411 e. The molecule has 1 aromatic carbocycles. The summed E-state index contributed by atoms with van der Waals surface area (Å²) in [5.41, 5.74) is 1.85. The Morgan fingerprint density at radius 1 is 1.30 bits per heavy atom. The van der Waals surface area contributed by atoms with Crippen LogP contribution in [0.4, 0.5) is 16.2 Å². The molecule has 2 aliphatic heterocycles. The zero-order valence-electron chi connectivity index (χ0n) is 11.8. The van der Waals surface area contributed by atoms with Gasteiger partial charge in [0.2, 0.25) is 0 Å². The summed E-state index contributed by atoms with van der Waals surface area (Å²) in [6, 6.07) is 9.08. The van der Waals surface area contributed by atoms with E-state index in [1.54, 1.807) is 0 Å². The van der Waals surface area contributed by atoms with Crippen molar-refractivity contribution in [3.63, 3.8) is 0 Å². The van der Waals surface area contributed by atoms with E-state index in [-0.39, 0.29) is 0 Å². The number of rotatable bonds is 3. The molecule has 0 saturated carbocycles. The van der Waals surface area contributed by atoms with Crippen LogP contribution in [0.1, 0.15) is 19.3 Å². The summed E-state index contributed by atoms with van der Waals surface area (Å²) in [5.74, 6) is 0. The Balaban J connectivity index is 1.54. The van der Waals surface area contributed by atoms with Crippen LogP contribution in [-0.2, 0) is 4.74 Å². The molecule has 0 radical (unpaired) electrons. The lowest BCUT2D eigenvalue weighted by Gasteiger charge is -2.15. The van der Waals surface area contributed by atoms with Crippen LogP contribution in [0.5, 0.6) is 0 Å². The first-order valence-electron chi connectivity index (χ1n) is 7.20. The molecule has 3 rings (SSSR count). The van der Waals surface area contributed by atoms with Gasteiger partial charge in [-0.2, -0.15) is 0 Å². The predicted molar refractivity (Wildman–Crippen MR) is 79.1 cm³/mol. The monoisotopic (exact) mass is 275 g/mol. The van der Waals surface area contributed by atoms with E-state index < -0.39 is 6.09 Å². The topological polar surface area (TPSA) is 53.6 Å². The zero-order chi connectivity index (χ0) is 13.9. The average molecular weight is 275 g/mol. The fraction of sp³-hybridized carbons (Fsp3) is 0.533. The first-order valence-corrected chi connectivity index (χ1v) is 7.20. The number of anilines is 2. The molecular formula is C15H21N3O2. The lowest BCUT2D eigenvalue weighted by Crippen LogP contribution is -2.26. The van der Waals surface area contributed by atoms with Gasteiger partial charge >= 0.3 is 6.09 Å². The van der Waals surface area contributed by atoms with E-state index in [1.165, 1.54) is 32.9 Å². The molecule has 5 heteroatoms. The molecule has 2 aliphatic rings. The third kappa shape index (κ3) is 2.88. The molecule has 2 unspecified atom stereocenters. The van der Waals surface area contributed by atoms with Crippen molar-refractivity contribution >= 4 is 17.5 Å².